The van der Waals surface area contributed by atoms with Crippen molar-refractivity contribution >= 4 is 17.7 Å². The minimum Gasteiger partial charge on any atom is -0.478 e. The Balaban J connectivity index is 2.01. The van der Waals surface area contributed by atoms with Crippen LogP contribution in [0.2, 0.25) is 0 Å². The predicted molar refractivity (Wildman–Crippen MR) is 72.4 cm³/mol. The summed E-state index contributed by atoms with van der Waals surface area (Å²) in [6, 6.07) is 4.24. The van der Waals surface area contributed by atoms with E-state index < -0.39 is 17.8 Å². The van der Waals surface area contributed by atoms with Gasteiger partial charge < -0.3 is 15.7 Å². The topological polar surface area (TPSA) is 96.2 Å². The van der Waals surface area contributed by atoms with Gasteiger partial charge in [-0.2, -0.15) is 5.10 Å². The van der Waals surface area contributed by atoms with E-state index in [1.165, 1.54) is 6.07 Å². The number of aryl methyl sites for hydroxylation is 1. The normalized spacial score (nSPS) is 10.2. The number of hydrogen-bond donors (Lipinski definition) is 3. The van der Waals surface area contributed by atoms with Crippen molar-refractivity contribution in [2.24, 2.45) is 7.05 Å². The van der Waals surface area contributed by atoms with E-state index in [0.717, 1.165) is 12.1 Å². The first-order chi connectivity index (χ1) is 9.95. The zero-order valence-corrected chi connectivity index (χ0v) is 11.1. The highest BCUT2D eigenvalue weighted by atomic mass is 19.1. The Morgan fingerprint density at radius 1 is 1.38 bits per heavy atom. The molecule has 0 saturated carbocycles. The van der Waals surface area contributed by atoms with Crippen LogP contribution >= 0.6 is 0 Å². The van der Waals surface area contributed by atoms with Crippen molar-refractivity contribution in [3.05, 3.63) is 47.5 Å². The second-order valence-electron chi connectivity index (χ2n) is 4.28. The fourth-order valence-electron chi connectivity index (χ4n) is 1.70. The molecule has 0 aliphatic heterocycles. The molecular formula is C13H13FN4O3. The third-order valence-electron chi connectivity index (χ3n) is 2.66. The number of benzene rings is 1. The molecule has 0 radical (unpaired) electrons. The average Bonchev–Trinajstić information content (AvgIpc) is 2.84. The number of anilines is 1. The molecule has 1 aromatic heterocycles. The van der Waals surface area contributed by atoms with Crippen LogP contribution in [0.15, 0.2) is 30.5 Å². The zero-order chi connectivity index (χ0) is 15.4. The number of carbonyl (C=O) groups is 2. The summed E-state index contributed by atoms with van der Waals surface area (Å²) < 4.78 is 14.6. The Morgan fingerprint density at radius 3 is 2.76 bits per heavy atom. The summed E-state index contributed by atoms with van der Waals surface area (Å²) in [5.41, 5.74) is 0.357. The van der Waals surface area contributed by atoms with Gasteiger partial charge in [0, 0.05) is 13.2 Å². The van der Waals surface area contributed by atoms with Crippen LogP contribution in [-0.2, 0) is 13.6 Å². The summed E-state index contributed by atoms with van der Waals surface area (Å²) >= 11 is 0. The number of urea groups is 1. The van der Waals surface area contributed by atoms with Gasteiger partial charge in [-0.3, -0.25) is 4.68 Å². The quantitative estimate of drug-likeness (QED) is 0.797. The SMILES string of the molecule is Cn1ccc(CNC(=O)Nc2ccc(F)cc2C(=O)O)n1. The molecule has 0 fully saturated rings. The summed E-state index contributed by atoms with van der Waals surface area (Å²) in [6.07, 6.45) is 1.73. The van der Waals surface area contributed by atoms with Crippen molar-refractivity contribution in [3.63, 3.8) is 0 Å². The van der Waals surface area contributed by atoms with Crippen molar-refractivity contribution < 1.29 is 19.1 Å². The summed E-state index contributed by atoms with van der Waals surface area (Å²) in [4.78, 5) is 22.7. The number of carboxylic acids is 1. The van der Waals surface area contributed by atoms with Crippen LogP contribution in [0.1, 0.15) is 16.1 Å². The number of aromatic carboxylic acids is 1. The second-order valence-corrected chi connectivity index (χ2v) is 4.28. The van der Waals surface area contributed by atoms with Gasteiger partial charge in [-0.25, -0.2) is 14.0 Å². The van der Waals surface area contributed by atoms with E-state index in [9.17, 15) is 14.0 Å². The van der Waals surface area contributed by atoms with E-state index >= 15 is 0 Å². The Kier molecular flexibility index (Phi) is 4.17. The first-order valence-electron chi connectivity index (χ1n) is 6.02. The molecule has 2 amide bonds. The molecule has 0 bridgehead atoms. The minimum atomic E-state index is -1.32. The molecule has 2 rings (SSSR count). The summed E-state index contributed by atoms with van der Waals surface area (Å²) in [5, 5.41) is 17.9. The average molecular weight is 292 g/mol. The number of rotatable bonds is 4. The van der Waals surface area contributed by atoms with E-state index in [0.29, 0.717) is 5.69 Å². The number of carboxylic acid groups (broad SMARTS) is 1. The van der Waals surface area contributed by atoms with Gasteiger partial charge in [0.05, 0.1) is 23.5 Å². The highest BCUT2D eigenvalue weighted by Crippen LogP contribution is 2.17. The molecule has 21 heavy (non-hydrogen) atoms. The van der Waals surface area contributed by atoms with Crippen LogP contribution < -0.4 is 10.6 Å². The lowest BCUT2D eigenvalue weighted by molar-refractivity contribution is 0.0697. The van der Waals surface area contributed by atoms with E-state index in [4.69, 9.17) is 5.11 Å². The van der Waals surface area contributed by atoms with Gasteiger partial charge in [0.1, 0.15) is 5.82 Å². The highest BCUT2D eigenvalue weighted by Gasteiger charge is 2.13. The maximum Gasteiger partial charge on any atom is 0.337 e. The van der Waals surface area contributed by atoms with Crippen molar-refractivity contribution in [2.45, 2.75) is 6.54 Å². The summed E-state index contributed by atoms with van der Waals surface area (Å²) in [7, 11) is 1.75. The first kappa shape index (κ1) is 14.5. The molecule has 0 unspecified atom stereocenters. The van der Waals surface area contributed by atoms with Gasteiger partial charge in [-0.1, -0.05) is 0 Å². The van der Waals surface area contributed by atoms with Crippen LogP contribution in [0.4, 0.5) is 14.9 Å². The molecule has 1 heterocycles. The largest absolute Gasteiger partial charge is 0.478 e. The number of nitrogens with one attached hydrogen (secondary N) is 2. The molecule has 0 spiro atoms. The van der Waals surface area contributed by atoms with Crippen molar-refractivity contribution in [1.29, 1.82) is 0 Å². The summed E-state index contributed by atoms with van der Waals surface area (Å²) in [5.74, 6) is -2.01. The Hall–Kier alpha value is -2.90. The molecule has 0 aliphatic carbocycles. The smallest absolute Gasteiger partial charge is 0.337 e. The fraction of sp³-hybridized carbons (Fsp3) is 0.154. The molecule has 7 nitrogen and oxygen atoms in total. The van der Waals surface area contributed by atoms with Crippen LogP contribution in [0, 0.1) is 5.82 Å². The van der Waals surface area contributed by atoms with E-state index in [1.54, 1.807) is 24.0 Å². The fourth-order valence-corrected chi connectivity index (χ4v) is 1.70. The number of halogens is 1. The lowest BCUT2D eigenvalue weighted by atomic mass is 10.2. The minimum absolute atomic E-state index is 0.0161. The Bertz CT molecular complexity index is 684. The zero-order valence-electron chi connectivity index (χ0n) is 11.1. The number of carbonyl (C=O) groups excluding carboxylic acids is 1. The van der Waals surface area contributed by atoms with Gasteiger partial charge >= 0.3 is 12.0 Å². The Morgan fingerprint density at radius 2 is 2.14 bits per heavy atom. The summed E-state index contributed by atoms with van der Waals surface area (Å²) in [6.45, 7) is 0.191. The van der Waals surface area contributed by atoms with Crippen LogP contribution in [0.3, 0.4) is 0 Å². The highest BCUT2D eigenvalue weighted by molar-refractivity contribution is 5.99. The molecule has 1 aromatic carbocycles. The van der Waals surface area contributed by atoms with Gasteiger partial charge in [0.15, 0.2) is 0 Å². The number of aromatic nitrogens is 2. The van der Waals surface area contributed by atoms with E-state index in [2.05, 4.69) is 15.7 Å². The number of amides is 2. The van der Waals surface area contributed by atoms with Gasteiger partial charge in [0.25, 0.3) is 0 Å². The predicted octanol–water partition coefficient (Wildman–Crippen LogP) is 1.58. The lowest BCUT2D eigenvalue weighted by Gasteiger charge is -2.09. The molecule has 0 saturated heterocycles. The lowest BCUT2D eigenvalue weighted by Crippen LogP contribution is -2.29. The molecule has 3 N–H and O–H groups in total. The molecule has 8 heteroatoms. The maximum atomic E-state index is 13.0. The first-order valence-corrected chi connectivity index (χ1v) is 6.02. The third kappa shape index (κ3) is 3.78. The second kappa shape index (κ2) is 6.04. The van der Waals surface area contributed by atoms with Gasteiger partial charge in [0.2, 0.25) is 0 Å². The van der Waals surface area contributed by atoms with Crippen LogP contribution in [0.25, 0.3) is 0 Å². The van der Waals surface area contributed by atoms with E-state index in [-0.39, 0.29) is 17.8 Å². The molecule has 0 aliphatic rings. The van der Waals surface area contributed by atoms with E-state index in [1.807, 2.05) is 0 Å². The van der Waals surface area contributed by atoms with Crippen LogP contribution in [-0.4, -0.2) is 26.9 Å². The Labute approximate surface area is 119 Å². The molecule has 110 valence electrons. The molecular weight excluding hydrogens is 279 g/mol. The monoisotopic (exact) mass is 292 g/mol. The van der Waals surface area contributed by atoms with Crippen molar-refractivity contribution in [2.75, 3.05) is 5.32 Å². The maximum absolute atomic E-state index is 13.0. The van der Waals surface area contributed by atoms with Gasteiger partial charge in [-0.15, -0.1) is 0 Å². The standard InChI is InChI=1S/C13H13FN4O3/c1-18-5-4-9(17-18)7-15-13(21)16-11-3-2-8(14)6-10(11)12(19)20/h2-6H,7H2,1H3,(H,19,20)(H2,15,16,21). The molecule has 0 atom stereocenters. The number of hydrogen-bond acceptors (Lipinski definition) is 3. The third-order valence-corrected chi connectivity index (χ3v) is 2.66. The van der Waals surface area contributed by atoms with Crippen LogP contribution in [0.5, 0.6) is 0 Å². The van der Waals surface area contributed by atoms with Gasteiger partial charge in [-0.05, 0) is 24.3 Å². The van der Waals surface area contributed by atoms with Crippen molar-refractivity contribution in [3.8, 4) is 0 Å². The molecule has 2 aromatic rings. The number of nitrogens with zero attached hydrogens (tertiary/aromatic N) is 2. The van der Waals surface area contributed by atoms with Crippen molar-refractivity contribution in [1.82, 2.24) is 15.1 Å².